The Hall–Kier alpha value is -2.81. The summed E-state index contributed by atoms with van der Waals surface area (Å²) in [6.07, 6.45) is 4.77. The molecule has 0 atom stereocenters. The highest BCUT2D eigenvalue weighted by atomic mass is 16.5. The van der Waals surface area contributed by atoms with Crippen molar-refractivity contribution in [1.29, 1.82) is 0 Å². The van der Waals surface area contributed by atoms with Crippen LogP contribution in [0, 0.1) is 0 Å². The van der Waals surface area contributed by atoms with E-state index >= 15 is 0 Å². The topological polar surface area (TPSA) is 27.1 Å². The molecule has 0 bridgehead atoms. The second kappa shape index (κ2) is 5.43. The summed E-state index contributed by atoms with van der Waals surface area (Å²) in [6, 6.07) is 16.7. The van der Waals surface area contributed by atoms with Gasteiger partial charge in [-0.3, -0.25) is 4.98 Å². The van der Waals surface area contributed by atoms with E-state index in [2.05, 4.69) is 46.9 Å². The summed E-state index contributed by atoms with van der Waals surface area (Å²) in [6.45, 7) is 0. The molecule has 0 spiro atoms. The van der Waals surface area contributed by atoms with Crippen molar-refractivity contribution in [3.05, 3.63) is 72.1 Å². The fourth-order valence-corrected chi connectivity index (χ4v) is 3.33. The van der Waals surface area contributed by atoms with Gasteiger partial charge in [-0.1, -0.05) is 36.4 Å². The third kappa shape index (κ3) is 2.16. The molecule has 114 valence electrons. The third-order valence-electron chi connectivity index (χ3n) is 4.44. The number of nitrogens with zero attached hydrogens (tertiary/aromatic N) is 2. The number of hydrogen-bond acceptors (Lipinski definition) is 2. The van der Waals surface area contributed by atoms with Crippen molar-refractivity contribution < 1.29 is 4.74 Å². The predicted molar refractivity (Wildman–Crippen MR) is 94.0 cm³/mol. The van der Waals surface area contributed by atoms with Gasteiger partial charge in [0.25, 0.3) is 0 Å². The number of pyridine rings is 1. The van der Waals surface area contributed by atoms with Crippen molar-refractivity contribution in [3.8, 4) is 5.75 Å². The van der Waals surface area contributed by atoms with Gasteiger partial charge < -0.3 is 9.30 Å². The number of fused-ring (bicyclic) bond motifs is 3. The molecule has 2 aromatic heterocycles. The van der Waals surface area contributed by atoms with Crippen LogP contribution in [-0.2, 0) is 13.5 Å². The van der Waals surface area contributed by atoms with Gasteiger partial charge in [0.15, 0.2) is 0 Å². The van der Waals surface area contributed by atoms with Crippen LogP contribution in [0.5, 0.6) is 5.75 Å². The van der Waals surface area contributed by atoms with E-state index in [1.165, 1.54) is 27.4 Å². The molecule has 0 fully saturated rings. The van der Waals surface area contributed by atoms with Crippen LogP contribution in [0.15, 0.2) is 60.9 Å². The fourth-order valence-electron chi connectivity index (χ4n) is 3.33. The van der Waals surface area contributed by atoms with Crippen LogP contribution in [0.2, 0.25) is 0 Å². The molecule has 0 saturated heterocycles. The number of methoxy groups -OCH3 is 1. The molecule has 23 heavy (non-hydrogen) atoms. The first kappa shape index (κ1) is 13.8. The fraction of sp³-hybridized carbons (Fsp3) is 0.150. The molecule has 0 aliphatic heterocycles. The number of hydrogen-bond donors (Lipinski definition) is 0. The average Bonchev–Trinajstić information content (AvgIpc) is 2.90. The zero-order chi connectivity index (χ0) is 15.8. The Kier molecular flexibility index (Phi) is 3.27. The van der Waals surface area contributed by atoms with E-state index in [0.29, 0.717) is 0 Å². The van der Waals surface area contributed by atoms with Gasteiger partial charge in [0.1, 0.15) is 5.75 Å². The first-order chi connectivity index (χ1) is 11.3. The molecule has 0 amide bonds. The largest absolute Gasteiger partial charge is 0.496 e. The Balaban J connectivity index is 2.04. The van der Waals surface area contributed by atoms with Gasteiger partial charge in [0.2, 0.25) is 0 Å². The molecule has 0 saturated carbocycles. The number of rotatable bonds is 3. The average molecular weight is 302 g/mol. The van der Waals surface area contributed by atoms with Crippen LogP contribution < -0.4 is 4.74 Å². The molecule has 0 aliphatic rings. The molecule has 0 N–H and O–H groups in total. The molecule has 3 heteroatoms. The molecule has 2 aromatic carbocycles. The lowest BCUT2D eigenvalue weighted by atomic mass is 10.0. The third-order valence-corrected chi connectivity index (χ3v) is 4.44. The van der Waals surface area contributed by atoms with Crippen LogP contribution in [0.1, 0.15) is 11.1 Å². The monoisotopic (exact) mass is 302 g/mol. The van der Waals surface area contributed by atoms with Crippen molar-refractivity contribution >= 4 is 21.8 Å². The van der Waals surface area contributed by atoms with Crippen LogP contribution in [0.25, 0.3) is 21.8 Å². The van der Waals surface area contributed by atoms with Crippen molar-refractivity contribution in [2.75, 3.05) is 7.11 Å². The second-order valence-electron chi connectivity index (χ2n) is 5.77. The predicted octanol–water partition coefficient (Wildman–Crippen LogP) is 4.33. The SMILES string of the molecule is COc1cccc2c1c1c(Cc3ccccc3)cncc1n2C. The van der Waals surface area contributed by atoms with E-state index in [0.717, 1.165) is 17.7 Å². The highest BCUT2D eigenvalue weighted by Crippen LogP contribution is 2.36. The van der Waals surface area contributed by atoms with Gasteiger partial charge in [-0.05, 0) is 29.7 Å². The maximum Gasteiger partial charge on any atom is 0.128 e. The number of ether oxygens (including phenoxy) is 1. The Morgan fingerprint density at radius 1 is 0.913 bits per heavy atom. The van der Waals surface area contributed by atoms with Crippen LogP contribution >= 0.6 is 0 Å². The summed E-state index contributed by atoms with van der Waals surface area (Å²) in [5.41, 5.74) is 4.82. The summed E-state index contributed by atoms with van der Waals surface area (Å²) in [5, 5.41) is 2.40. The van der Waals surface area contributed by atoms with E-state index in [4.69, 9.17) is 4.74 Å². The van der Waals surface area contributed by atoms with Gasteiger partial charge in [-0.15, -0.1) is 0 Å². The highest BCUT2D eigenvalue weighted by molar-refractivity contribution is 6.12. The summed E-state index contributed by atoms with van der Waals surface area (Å²) >= 11 is 0. The molecule has 2 heterocycles. The van der Waals surface area contributed by atoms with Crippen molar-refractivity contribution in [1.82, 2.24) is 9.55 Å². The van der Waals surface area contributed by atoms with Crippen LogP contribution in [0.4, 0.5) is 0 Å². The molecule has 3 nitrogen and oxygen atoms in total. The van der Waals surface area contributed by atoms with Gasteiger partial charge in [-0.25, -0.2) is 0 Å². The Labute approximate surface area is 135 Å². The van der Waals surface area contributed by atoms with Crippen molar-refractivity contribution in [2.24, 2.45) is 7.05 Å². The van der Waals surface area contributed by atoms with Crippen molar-refractivity contribution in [3.63, 3.8) is 0 Å². The Morgan fingerprint density at radius 3 is 2.52 bits per heavy atom. The van der Waals surface area contributed by atoms with E-state index in [1.54, 1.807) is 7.11 Å². The van der Waals surface area contributed by atoms with Crippen LogP contribution in [-0.4, -0.2) is 16.7 Å². The lowest BCUT2D eigenvalue weighted by molar-refractivity contribution is 0.420. The molecule has 0 aliphatic carbocycles. The van der Waals surface area contributed by atoms with Gasteiger partial charge in [0, 0.05) is 24.0 Å². The summed E-state index contributed by atoms with van der Waals surface area (Å²) in [7, 11) is 3.81. The maximum atomic E-state index is 5.62. The number of aryl methyl sites for hydroxylation is 1. The minimum absolute atomic E-state index is 0.863. The van der Waals surface area contributed by atoms with Crippen molar-refractivity contribution in [2.45, 2.75) is 6.42 Å². The van der Waals surface area contributed by atoms with Gasteiger partial charge >= 0.3 is 0 Å². The Bertz CT molecular complexity index is 987. The zero-order valence-electron chi connectivity index (χ0n) is 13.3. The smallest absolute Gasteiger partial charge is 0.128 e. The van der Waals surface area contributed by atoms with E-state index < -0.39 is 0 Å². The molecule has 4 rings (SSSR count). The van der Waals surface area contributed by atoms with E-state index in [1.807, 2.05) is 30.6 Å². The minimum atomic E-state index is 0.863. The van der Waals surface area contributed by atoms with E-state index in [-0.39, 0.29) is 0 Å². The number of benzene rings is 2. The van der Waals surface area contributed by atoms with E-state index in [9.17, 15) is 0 Å². The molecular formula is C20H18N2O. The zero-order valence-corrected chi connectivity index (χ0v) is 13.3. The normalized spacial score (nSPS) is 11.2. The molecule has 4 aromatic rings. The van der Waals surface area contributed by atoms with Gasteiger partial charge in [0.05, 0.1) is 24.3 Å². The first-order valence-electron chi connectivity index (χ1n) is 7.71. The summed E-state index contributed by atoms with van der Waals surface area (Å²) < 4.78 is 7.81. The second-order valence-corrected chi connectivity index (χ2v) is 5.77. The summed E-state index contributed by atoms with van der Waals surface area (Å²) in [4.78, 5) is 4.46. The number of aromatic nitrogens is 2. The molecule has 0 radical (unpaired) electrons. The molecular weight excluding hydrogens is 284 g/mol. The summed E-state index contributed by atoms with van der Waals surface area (Å²) in [5.74, 6) is 0.911. The standard InChI is InChI=1S/C20H18N2O/c1-22-16-9-6-10-18(23-2)20(16)19-15(12-21-13-17(19)22)11-14-7-4-3-5-8-14/h3-10,12-13H,11H2,1-2H3. The minimum Gasteiger partial charge on any atom is -0.496 e. The first-order valence-corrected chi connectivity index (χ1v) is 7.71. The highest BCUT2D eigenvalue weighted by Gasteiger charge is 2.16. The Morgan fingerprint density at radius 2 is 1.74 bits per heavy atom. The maximum absolute atomic E-state index is 5.62. The van der Waals surface area contributed by atoms with Gasteiger partial charge in [-0.2, -0.15) is 0 Å². The lowest BCUT2D eigenvalue weighted by Gasteiger charge is -2.06. The van der Waals surface area contributed by atoms with Crippen LogP contribution in [0.3, 0.4) is 0 Å². The lowest BCUT2D eigenvalue weighted by Crippen LogP contribution is -1.92. The quantitative estimate of drug-likeness (QED) is 0.563. The molecule has 0 unspecified atom stereocenters.